The highest BCUT2D eigenvalue weighted by molar-refractivity contribution is 5.80. The molecule has 1 rings (SSSR count). The Kier molecular flexibility index (Phi) is 6.66. The summed E-state index contributed by atoms with van der Waals surface area (Å²) in [5.41, 5.74) is -0.150. The van der Waals surface area contributed by atoms with Crippen LogP contribution in [0.25, 0.3) is 0 Å². The first kappa shape index (κ1) is 19.4. The van der Waals surface area contributed by atoms with E-state index >= 15 is 0 Å². The smallest absolute Gasteiger partial charge is 0.408 e. The van der Waals surface area contributed by atoms with Gasteiger partial charge in [0.2, 0.25) is 0 Å². The number of nitro groups is 1. The van der Waals surface area contributed by atoms with Crippen LogP contribution >= 0.6 is 0 Å². The molecule has 9 nitrogen and oxygen atoms in total. The summed E-state index contributed by atoms with van der Waals surface area (Å²) in [6, 6.07) is 4.40. The van der Waals surface area contributed by atoms with E-state index in [0.29, 0.717) is 5.56 Å². The average Bonchev–Trinajstić information content (AvgIpc) is 2.44. The Hall–Kier alpha value is -2.68. The van der Waals surface area contributed by atoms with Crippen LogP contribution in [0.4, 0.5) is 10.5 Å². The summed E-state index contributed by atoms with van der Waals surface area (Å²) in [5, 5.41) is 21.8. The number of carboxylic acids is 1. The molecule has 1 aromatic carbocycles. The molecule has 0 saturated heterocycles. The summed E-state index contributed by atoms with van der Waals surface area (Å²) in [4.78, 5) is 32.8. The third-order valence-corrected chi connectivity index (χ3v) is 2.69. The van der Waals surface area contributed by atoms with Crippen molar-refractivity contribution in [1.82, 2.24) is 5.32 Å². The van der Waals surface area contributed by atoms with E-state index in [1.165, 1.54) is 24.3 Å². The molecule has 0 unspecified atom stereocenters. The van der Waals surface area contributed by atoms with Crippen molar-refractivity contribution in [2.45, 2.75) is 39.0 Å². The Labute approximate surface area is 138 Å². The van der Waals surface area contributed by atoms with Gasteiger partial charge in [-0.3, -0.25) is 10.1 Å². The van der Waals surface area contributed by atoms with Crippen LogP contribution < -0.4 is 5.32 Å². The number of carbonyl (C=O) groups is 2. The number of benzene rings is 1. The van der Waals surface area contributed by atoms with Crippen LogP contribution in [-0.2, 0) is 20.9 Å². The van der Waals surface area contributed by atoms with Gasteiger partial charge in [0.1, 0.15) is 5.60 Å². The van der Waals surface area contributed by atoms with E-state index < -0.39 is 28.6 Å². The van der Waals surface area contributed by atoms with Crippen molar-refractivity contribution in [1.29, 1.82) is 0 Å². The summed E-state index contributed by atoms with van der Waals surface area (Å²) in [5.74, 6) is -1.26. The van der Waals surface area contributed by atoms with Crippen molar-refractivity contribution in [2.75, 3.05) is 6.61 Å². The van der Waals surface area contributed by atoms with Crippen LogP contribution in [0.2, 0.25) is 0 Å². The lowest BCUT2D eigenvalue weighted by Crippen LogP contribution is -2.46. The fraction of sp³-hybridized carbons (Fsp3) is 0.467. The van der Waals surface area contributed by atoms with Crippen LogP contribution in [0.15, 0.2) is 24.3 Å². The molecule has 1 aromatic rings. The third-order valence-electron chi connectivity index (χ3n) is 2.69. The van der Waals surface area contributed by atoms with Crippen LogP contribution in [-0.4, -0.2) is 40.3 Å². The number of hydrogen-bond acceptors (Lipinski definition) is 6. The van der Waals surface area contributed by atoms with Gasteiger partial charge in [0, 0.05) is 12.1 Å². The topological polar surface area (TPSA) is 128 Å². The first-order valence-electron chi connectivity index (χ1n) is 7.12. The summed E-state index contributed by atoms with van der Waals surface area (Å²) >= 11 is 0. The number of aliphatic carboxylic acids is 1. The molecule has 132 valence electrons. The van der Waals surface area contributed by atoms with Crippen LogP contribution in [0.3, 0.4) is 0 Å². The van der Waals surface area contributed by atoms with E-state index in [-0.39, 0.29) is 18.9 Å². The minimum atomic E-state index is -1.27. The van der Waals surface area contributed by atoms with E-state index in [4.69, 9.17) is 14.6 Å². The summed E-state index contributed by atoms with van der Waals surface area (Å²) in [7, 11) is 0. The highest BCUT2D eigenvalue weighted by Gasteiger charge is 2.24. The number of rotatable bonds is 7. The third kappa shape index (κ3) is 7.05. The van der Waals surface area contributed by atoms with Gasteiger partial charge < -0.3 is 19.9 Å². The minimum absolute atomic E-state index is 0.0474. The molecule has 0 aliphatic rings. The first-order chi connectivity index (χ1) is 11.1. The lowest BCUT2D eigenvalue weighted by molar-refractivity contribution is -0.384. The Balaban J connectivity index is 2.50. The predicted octanol–water partition coefficient (Wildman–Crippen LogP) is 2.09. The number of nitrogens with one attached hydrogen (secondary N) is 1. The maximum Gasteiger partial charge on any atom is 0.408 e. The van der Waals surface area contributed by atoms with Gasteiger partial charge in [0.25, 0.3) is 5.69 Å². The second kappa shape index (κ2) is 8.25. The monoisotopic (exact) mass is 340 g/mol. The number of carbonyl (C=O) groups excluding carboxylic acids is 1. The van der Waals surface area contributed by atoms with Crippen LogP contribution in [0, 0.1) is 10.1 Å². The van der Waals surface area contributed by atoms with Crippen LogP contribution in [0.5, 0.6) is 0 Å². The molecule has 0 radical (unpaired) electrons. The molecule has 0 saturated carbocycles. The zero-order valence-corrected chi connectivity index (χ0v) is 13.6. The molecule has 1 atom stereocenters. The van der Waals surface area contributed by atoms with Crippen LogP contribution in [0.1, 0.15) is 26.3 Å². The number of hydrogen-bond donors (Lipinski definition) is 2. The fourth-order valence-corrected chi connectivity index (χ4v) is 1.63. The molecule has 0 heterocycles. The second-order valence-electron chi connectivity index (χ2n) is 5.98. The molecule has 0 fully saturated rings. The van der Waals surface area contributed by atoms with Crippen molar-refractivity contribution in [3.63, 3.8) is 0 Å². The second-order valence-corrected chi connectivity index (χ2v) is 5.98. The Bertz CT molecular complexity index is 593. The number of non-ortho nitro benzene ring substituents is 1. The van der Waals surface area contributed by atoms with E-state index in [9.17, 15) is 19.7 Å². The molecule has 9 heteroatoms. The molecule has 0 aliphatic carbocycles. The van der Waals surface area contributed by atoms with Crippen molar-refractivity contribution in [3.8, 4) is 0 Å². The largest absolute Gasteiger partial charge is 0.480 e. The Morgan fingerprint density at radius 1 is 1.29 bits per heavy atom. The fourth-order valence-electron chi connectivity index (χ4n) is 1.63. The van der Waals surface area contributed by atoms with E-state index in [1.54, 1.807) is 20.8 Å². The maximum absolute atomic E-state index is 11.6. The lowest BCUT2D eigenvalue weighted by Gasteiger charge is -2.22. The van der Waals surface area contributed by atoms with Crippen molar-refractivity contribution < 1.29 is 29.1 Å². The summed E-state index contributed by atoms with van der Waals surface area (Å²) in [6.45, 7) is 4.76. The molecule has 0 spiro atoms. The number of alkyl carbamates (subject to hydrolysis) is 1. The summed E-state index contributed by atoms with van der Waals surface area (Å²) in [6.07, 6.45) is -0.853. The van der Waals surface area contributed by atoms with Gasteiger partial charge in [-0.2, -0.15) is 0 Å². The van der Waals surface area contributed by atoms with Crippen molar-refractivity contribution >= 4 is 17.7 Å². The zero-order valence-electron chi connectivity index (χ0n) is 13.6. The molecule has 0 bridgehead atoms. The normalized spacial score (nSPS) is 12.3. The molecular weight excluding hydrogens is 320 g/mol. The molecular formula is C15H20N2O7. The number of nitro benzene ring substituents is 1. The van der Waals surface area contributed by atoms with Gasteiger partial charge in [-0.25, -0.2) is 9.59 Å². The highest BCUT2D eigenvalue weighted by atomic mass is 16.6. The standard InChI is InChI=1S/C15H20N2O7/c1-15(2,3)24-14(20)16-12(13(18)19)9-23-8-10-4-6-11(7-5-10)17(21)22/h4-7,12H,8-9H2,1-3H3,(H,16,20)(H,18,19)/t12-/m0/s1. The quantitative estimate of drug-likeness (QED) is 0.574. The van der Waals surface area contributed by atoms with Gasteiger partial charge in [0.05, 0.1) is 18.1 Å². The first-order valence-corrected chi connectivity index (χ1v) is 7.12. The van der Waals surface area contributed by atoms with E-state index in [0.717, 1.165) is 0 Å². The molecule has 0 aromatic heterocycles. The number of amides is 1. The highest BCUT2D eigenvalue weighted by Crippen LogP contribution is 2.12. The van der Waals surface area contributed by atoms with Crippen molar-refractivity contribution in [3.05, 3.63) is 39.9 Å². The molecule has 2 N–H and O–H groups in total. The minimum Gasteiger partial charge on any atom is -0.480 e. The van der Waals surface area contributed by atoms with E-state index in [2.05, 4.69) is 5.32 Å². The summed E-state index contributed by atoms with van der Waals surface area (Å²) < 4.78 is 10.2. The molecule has 24 heavy (non-hydrogen) atoms. The van der Waals surface area contributed by atoms with Gasteiger partial charge in [-0.05, 0) is 38.5 Å². The Morgan fingerprint density at radius 2 is 1.88 bits per heavy atom. The van der Waals surface area contributed by atoms with Gasteiger partial charge >= 0.3 is 12.1 Å². The average molecular weight is 340 g/mol. The van der Waals surface area contributed by atoms with Gasteiger partial charge in [-0.15, -0.1) is 0 Å². The molecule has 1 amide bonds. The van der Waals surface area contributed by atoms with Crippen molar-refractivity contribution in [2.24, 2.45) is 0 Å². The van der Waals surface area contributed by atoms with Gasteiger partial charge in [0.15, 0.2) is 6.04 Å². The predicted molar refractivity (Wildman–Crippen MR) is 83.5 cm³/mol. The Morgan fingerprint density at radius 3 is 2.33 bits per heavy atom. The number of carboxylic acid groups (broad SMARTS) is 1. The SMILES string of the molecule is CC(C)(C)OC(=O)N[C@@H](COCc1ccc([N+](=O)[O-])cc1)C(=O)O. The number of ether oxygens (including phenoxy) is 2. The van der Waals surface area contributed by atoms with E-state index in [1.807, 2.05) is 0 Å². The zero-order chi connectivity index (χ0) is 18.3. The van der Waals surface area contributed by atoms with Gasteiger partial charge in [-0.1, -0.05) is 0 Å². The number of nitrogens with zero attached hydrogens (tertiary/aromatic N) is 1. The molecule has 0 aliphatic heterocycles. The lowest BCUT2D eigenvalue weighted by atomic mass is 10.2. The maximum atomic E-state index is 11.6.